The summed E-state index contributed by atoms with van der Waals surface area (Å²) >= 11 is 6.37. The Labute approximate surface area is 127 Å². The second-order valence-corrected chi connectivity index (χ2v) is 5.34. The molecule has 0 aliphatic rings. The smallest absolute Gasteiger partial charge is 0.183 e. The fraction of sp³-hybridized carbons (Fsp3) is 0.188. The molecule has 21 heavy (non-hydrogen) atoms. The minimum absolute atomic E-state index is 0.659. The molecular formula is C16H15ClN4. The molecule has 1 aromatic carbocycles. The van der Waals surface area contributed by atoms with Crippen molar-refractivity contribution in [3.8, 4) is 11.4 Å². The number of aryl methyl sites for hydroxylation is 2. The van der Waals surface area contributed by atoms with Crippen molar-refractivity contribution in [2.45, 2.75) is 20.8 Å². The second kappa shape index (κ2) is 4.97. The third-order valence-electron chi connectivity index (χ3n) is 3.54. The van der Waals surface area contributed by atoms with Crippen molar-refractivity contribution in [2.24, 2.45) is 0 Å². The number of hydrogen-bond acceptors (Lipinski definition) is 3. The number of fused-ring (bicyclic) bond motifs is 1. The van der Waals surface area contributed by atoms with Gasteiger partial charge in [0.05, 0.1) is 21.4 Å². The van der Waals surface area contributed by atoms with E-state index in [1.54, 1.807) is 0 Å². The predicted molar refractivity (Wildman–Crippen MR) is 85.6 cm³/mol. The van der Waals surface area contributed by atoms with Crippen molar-refractivity contribution >= 4 is 29.9 Å². The molecule has 2 heterocycles. The van der Waals surface area contributed by atoms with Crippen molar-refractivity contribution in [3.05, 3.63) is 45.2 Å². The fourth-order valence-corrected chi connectivity index (χ4v) is 2.86. The van der Waals surface area contributed by atoms with Crippen LogP contribution in [0.15, 0.2) is 18.2 Å². The topological polar surface area (TPSA) is 43.1 Å². The van der Waals surface area contributed by atoms with E-state index in [9.17, 15) is 0 Å². The molecule has 0 N–H and O–H groups in total. The molecule has 5 heteroatoms. The average molecular weight is 299 g/mol. The van der Waals surface area contributed by atoms with Crippen LogP contribution in [0.1, 0.15) is 18.2 Å². The maximum atomic E-state index is 6.37. The van der Waals surface area contributed by atoms with E-state index in [1.807, 2.05) is 49.4 Å². The van der Waals surface area contributed by atoms with Crippen LogP contribution in [0, 0.1) is 13.8 Å². The van der Waals surface area contributed by atoms with Crippen molar-refractivity contribution in [3.63, 3.8) is 0 Å². The van der Waals surface area contributed by atoms with Crippen LogP contribution in [-0.2, 0) is 0 Å². The molecule has 106 valence electrons. The van der Waals surface area contributed by atoms with Crippen molar-refractivity contribution in [2.75, 3.05) is 0 Å². The zero-order valence-electron chi connectivity index (χ0n) is 12.2. The summed E-state index contributed by atoms with van der Waals surface area (Å²) in [6.07, 6.45) is 1.96. The molecule has 0 saturated heterocycles. The minimum Gasteiger partial charge on any atom is -0.272 e. The molecule has 0 fully saturated rings. The summed E-state index contributed by atoms with van der Waals surface area (Å²) in [5, 5.41) is 10.9. The Kier molecular flexibility index (Phi) is 3.26. The maximum Gasteiger partial charge on any atom is 0.183 e. The highest BCUT2D eigenvalue weighted by molar-refractivity contribution is 6.33. The SMILES string of the molecule is C=c1nc(C)c2nnc(-c3c(C)cccc3Cl)n2/c1=C/C. The minimum atomic E-state index is 0.659. The number of halogens is 1. The van der Waals surface area contributed by atoms with Gasteiger partial charge >= 0.3 is 0 Å². The van der Waals surface area contributed by atoms with E-state index in [0.717, 1.165) is 33.6 Å². The van der Waals surface area contributed by atoms with Gasteiger partial charge in [-0.05, 0) is 32.4 Å². The van der Waals surface area contributed by atoms with Crippen LogP contribution in [0.3, 0.4) is 0 Å². The van der Waals surface area contributed by atoms with E-state index in [1.165, 1.54) is 0 Å². The van der Waals surface area contributed by atoms with Crippen molar-refractivity contribution < 1.29 is 0 Å². The fourth-order valence-electron chi connectivity index (χ4n) is 2.56. The molecule has 0 atom stereocenters. The molecule has 0 aliphatic heterocycles. The van der Waals surface area contributed by atoms with Gasteiger partial charge in [0.25, 0.3) is 0 Å². The van der Waals surface area contributed by atoms with Crippen LogP contribution in [0.25, 0.3) is 29.7 Å². The predicted octanol–water partition coefficient (Wildman–Crippen LogP) is 2.27. The molecule has 3 rings (SSSR count). The standard InChI is InChI=1S/C16H15ClN4/c1-5-13-10(3)18-11(4)15-19-20-16(21(13)15)14-9(2)7-6-8-12(14)17/h5-8H,3H2,1-2,4H3/b13-5+. The third-order valence-corrected chi connectivity index (χ3v) is 3.86. The quantitative estimate of drug-likeness (QED) is 0.692. The van der Waals surface area contributed by atoms with Gasteiger partial charge in [0.1, 0.15) is 0 Å². The second-order valence-electron chi connectivity index (χ2n) is 4.93. The van der Waals surface area contributed by atoms with Gasteiger partial charge in [-0.1, -0.05) is 36.4 Å². The molecule has 3 aromatic rings. The highest BCUT2D eigenvalue weighted by Crippen LogP contribution is 2.29. The summed E-state index contributed by atoms with van der Waals surface area (Å²) in [6, 6.07) is 5.80. The number of nitrogens with zero attached hydrogens (tertiary/aromatic N) is 4. The Balaban J connectivity index is 2.55. The summed E-state index contributed by atoms with van der Waals surface area (Å²) in [4.78, 5) is 4.43. The monoisotopic (exact) mass is 298 g/mol. The van der Waals surface area contributed by atoms with Crippen LogP contribution in [0.2, 0.25) is 5.02 Å². The number of hydrogen-bond donors (Lipinski definition) is 0. The first kappa shape index (κ1) is 13.8. The first-order valence-corrected chi connectivity index (χ1v) is 7.05. The van der Waals surface area contributed by atoms with Crippen molar-refractivity contribution in [1.82, 2.24) is 19.6 Å². The highest BCUT2D eigenvalue weighted by Gasteiger charge is 2.16. The van der Waals surface area contributed by atoms with Crippen molar-refractivity contribution in [1.29, 1.82) is 0 Å². The third kappa shape index (κ3) is 2.03. The van der Waals surface area contributed by atoms with Crippen LogP contribution in [0.5, 0.6) is 0 Å². The van der Waals surface area contributed by atoms with Gasteiger partial charge in [-0.25, -0.2) is 4.98 Å². The van der Waals surface area contributed by atoms with Gasteiger partial charge in [-0.3, -0.25) is 4.40 Å². The van der Waals surface area contributed by atoms with E-state index < -0.39 is 0 Å². The Morgan fingerprint density at radius 3 is 2.67 bits per heavy atom. The van der Waals surface area contributed by atoms with Crippen LogP contribution in [-0.4, -0.2) is 19.6 Å². The molecule has 0 radical (unpaired) electrons. The van der Waals surface area contributed by atoms with E-state index in [2.05, 4.69) is 21.8 Å². The van der Waals surface area contributed by atoms with Gasteiger partial charge in [0.15, 0.2) is 11.5 Å². The zero-order valence-corrected chi connectivity index (χ0v) is 12.9. The van der Waals surface area contributed by atoms with Gasteiger partial charge in [0.2, 0.25) is 0 Å². The largest absolute Gasteiger partial charge is 0.272 e. The Morgan fingerprint density at radius 2 is 2.00 bits per heavy atom. The van der Waals surface area contributed by atoms with Gasteiger partial charge in [-0.2, -0.15) is 0 Å². The summed E-state index contributed by atoms with van der Waals surface area (Å²) < 4.78 is 1.97. The van der Waals surface area contributed by atoms with Crippen LogP contribution < -0.4 is 10.7 Å². The highest BCUT2D eigenvalue weighted by atomic mass is 35.5. The molecule has 0 saturated carbocycles. The normalized spacial score (nSPS) is 12.3. The van der Waals surface area contributed by atoms with E-state index in [0.29, 0.717) is 10.4 Å². The Morgan fingerprint density at radius 1 is 1.24 bits per heavy atom. The van der Waals surface area contributed by atoms with E-state index >= 15 is 0 Å². The molecule has 0 spiro atoms. The number of aromatic nitrogens is 4. The first-order valence-electron chi connectivity index (χ1n) is 6.67. The lowest BCUT2D eigenvalue weighted by atomic mass is 10.1. The Bertz CT molecular complexity index is 936. The molecule has 0 amide bonds. The lowest BCUT2D eigenvalue weighted by molar-refractivity contribution is 1.00. The maximum absolute atomic E-state index is 6.37. The van der Waals surface area contributed by atoms with Gasteiger partial charge < -0.3 is 0 Å². The summed E-state index contributed by atoms with van der Waals surface area (Å²) in [6.45, 7) is 9.87. The van der Waals surface area contributed by atoms with Gasteiger partial charge in [0, 0.05) is 5.56 Å². The lowest BCUT2D eigenvalue weighted by Gasteiger charge is -2.08. The summed E-state index contributed by atoms with van der Waals surface area (Å²) in [5.41, 5.74) is 3.47. The van der Waals surface area contributed by atoms with Crippen LogP contribution in [0.4, 0.5) is 0 Å². The molecular weight excluding hydrogens is 284 g/mol. The molecule has 0 bridgehead atoms. The lowest BCUT2D eigenvalue weighted by Crippen LogP contribution is -2.34. The number of rotatable bonds is 1. The molecule has 2 aromatic heterocycles. The zero-order chi connectivity index (χ0) is 15.1. The average Bonchev–Trinajstić information content (AvgIpc) is 2.84. The van der Waals surface area contributed by atoms with E-state index in [4.69, 9.17) is 11.6 Å². The van der Waals surface area contributed by atoms with E-state index in [-0.39, 0.29) is 0 Å². The molecule has 0 unspecified atom stereocenters. The first-order chi connectivity index (χ1) is 10.0. The molecule has 4 nitrogen and oxygen atoms in total. The Hall–Kier alpha value is -2.20. The summed E-state index contributed by atoms with van der Waals surface area (Å²) in [5.74, 6) is 0.719. The van der Waals surface area contributed by atoms with Crippen LogP contribution >= 0.6 is 11.6 Å². The van der Waals surface area contributed by atoms with Gasteiger partial charge in [-0.15, -0.1) is 10.2 Å². The number of benzene rings is 1. The summed E-state index contributed by atoms with van der Waals surface area (Å²) in [7, 11) is 0. The molecule has 0 aliphatic carbocycles.